The summed E-state index contributed by atoms with van der Waals surface area (Å²) in [7, 11) is 1.43. The van der Waals surface area contributed by atoms with Gasteiger partial charge in [0.15, 0.2) is 0 Å². The average Bonchev–Trinajstić information content (AvgIpc) is 3.15. The van der Waals surface area contributed by atoms with Crippen LogP contribution in [0.4, 0.5) is 0 Å². The predicted molar refractivity (Wildman–Crippen MR) is 59.6 cm³/mol. The number of carbonyl (C=O) groups is 1. The van der Waals surface area contributed by atoms with Crippen LogP contribution < -0.4 is 5.32 Å². The Balaban J connectivity index is 1.89. The average molecular weight is 220 g/mol. The van der Waals surface area contributed by atoms with Crippen molar-refractivity contribution in [2.24, 2.45) is 5.92 Å². The predicted octanol–water partition coefficient (Wildman–Crippen LogP) is 1.12. The summed E-state index contributed by atoms with van der Waals surface area (Å²) in [6.07, 6.45) is 5.76. The Morgan fingerprint density at radius 1 is 1.69 bits per heavy atom. The fourth-order valence-electron chi connectivity index (χ4n) is 1.73. The van der Waals surface area contributed by atoms with Crippen LogP contribution in [0.15, 0.2) is 24.5 Å². The summed E-state index contributed by atoms with van der Waals surface area (Å²) in [6, 6.07) is 3.72. The van der Waals surface area contributed by atoms with E-state index in [9.17, 15) is 4.79 Å². The second-order valence-corrected chi connectivity index (χ2v) is 4.08. The molecule has 0 amide bonds. The van der Waals surface area contributed by atoms with Gasteiger partial charge in [-0.1, -0.05) is 6.07 Å². The maximum absolute atomic E-state index is 11.5. The number of rotatable bonds is 5. The lowest BCUT2D eigenvalue weighted by Crippen LogP contribution is -2.39. The van der Waals surface area contributed by atoms with Crippen molar-refractivity contribution >= 4 is 5.97 Å². The molecule has 1 aliphatic rings. The topological polar surface area (TPSA) is 51.2 Å². The Hall–Kier alpha value is -1.42. The van der Waals surface area contributed by atoms with Gasteiger partial charge in [0.25, 0.3) is 0 Å². The molecule has 0 spiro atoms. The van der Waals surface area contributed by atoms with Crippen LogP contribution in [0.2, 0.25) is 0 Å². The minimum absolute atomic E-state index is 0.161. The standard InChI is InChI=1S/C12H16N2O2/c1-16-12(15)11(10-4-5-10)14-8-9-3-2-6-13-7-9/h2-3,6-7,10-11,14H,4-5,8H2,1H3. The van der Waals surface area contributed by atoms with Gasteiger partial charge >= 0.3 is 5.97 Å². The molecule has 1 saturated carbocycles. The molecule has 4 heteroatoms. The van der Waals surface area contributed by atoms with Crippen molar-refractivity contribution < 1.29 is 9.53 Å². The van der Waals surface area contributed by atoms with Gasteiger partial charge in [-0.2, -0.15) is 0 Å². The first-order valence-corrected chi connectivity index (χ1v) is 5.51. The molecule has 4 nitrogen and oxygen atoms in total. The Morgan fingerprint density at radius 2 is 2.50 bits per heavy atom. The number of nitrogens with zero attached hydrogens (tertiary/aromatic N) is 1. The number of methoxy groups -OCH3 is 1. The lowest BCUT2D eigenvalue weighted by Gasteiger charge is -2.15. The molecule has 1 unspecified atom stereocenters. The molecule has 0 saturated heterocycles. The molecule has 2 rings (SSSR count). The molecule has 1 atom stereocenters. The Kier molecular flexibility index (Phi) is 3.51. The minimum atomic E-state index is -0.162. The van der Waals surface area contributed by atoms with Gasteiger partial charge < -0.3 is 10.1 Å². The third kappa shape index (κ3) is 2.79. The van der Waals surface area contributed by atoms with Crippen molar-refractivity contribution in [1.29, 1.82) is 0 Å². The van der Waals surface area contributed by atoms with E-state index >= 15 is 0 Å². The van der Waals surface area contributed by atoms with Gasteiger partial charge in [0.05, 0.1) is 7.11 Å². The van der Waals surface area contributed by atoms with E-state index in [2.05, 4.69) is 10.3 Å². The Labute approximate surface area is 95.0 Å². The third-order valence-corrected chi connectivity index (χ3v) is 2.80. The normalized spacial score (nSPS) is 16.8. The summed E-state index contributed by atoms with van der Waals surface area (Å²) in [5, 5.41) is 3.23. The van der Waals surface area contributed by atoms with Crippen molar-refractivity contribution in [1.82, 2.24) is 10.3 Å². The number of hydrogen-bond donors (Lipinski definition) is 1. The molecule has 0 bridgehead atoms. The highest BCUT2D eigenvalue weighted by atomic mass is 16.5. The molecule has 86 valence electrons. The zero-order valence-electron chi connectivity index (χ0n) is 9.35. The Morgan fingerprint density at radius 3 is 3.06 bits per heavy atom. The number of pyridine rings is 1. The third-order valence-electron chi connectivity index (χ3n) is 2.80. The first kappa shape index (κ1) is 11.1. The highest BCUT2D eigenvalue weighted by Crippen LogP contribution is 2.33. The van der Waals surface area contributed by atoms with E-state index in [0.29, 0.717) is 12.5 Å². The Bertz CT molecular complexity index is 349. The van der Waals surface area contributed by atoms with E-state index in [-0.39, 0.29) is 12.0 Å². The summed E-state index contributed by atoms with van der Waals surface area (Å²) in [5.74, 6) is 0.288. The van der Waals surface area contributed by atoms with Crippen LogP contribution in [0.1, 0.15) is 18.4 Å². The van der Waals surface area contributed by atoms with Crippen molar-refractivity contribution in [3.63, 3.8) is 0 Å². The summed E-state index contributed by atoms with van der Waals surface area (Å²) in [5.41, 5.74) is 1.08. The zero-order chi connectivity index (χ0) is 11.4. The van der Waals surface area contributed by atoms with Crippen LogP contribution in [-0.4, -0.2) is 24.1 Å². The van der Waals surface area contributed by atoms with E-state index in [1.165, 1.54) is 7.11 Å². The van der Waals surface area contributed by atoms with E-state index in [4.69, 9.17) is 4.74 Å². The molecule has 16 heavy (non-hydrogen) atoms. The first-order valence-electron chi connectivity index (χ1n) is 5.51. The summed E-state index contributed by atoms with van der Waals surface area (Å²) < 4.78 is 4.79. The molecule has 1 fully saturated rings. The van der Waals surface area contributed by atoms with Crippen LogP contribution >= 0.6 is 0 Å². The van der Waals surface area contributed by atoms with Gasteiger partial charge in [0.2, 0.25) is 0 Å². The number of carbonyl (C=O) groups excluding carboxylic acids is 1. The van der Waals surface area contributed by atoms with Gasteiger partial charge in [0.1, 0.15) is 6.04 Å². The number of esters is 1. The molecule has 1 aliphatic carbocycles. The molecule has 0 aliphatic heterocycles. The quantitative estimate of drug-likeness (QED) is 0.756. The zero-order valence-corrected chi connectivity index (χ0v) is 9.35. The second-order valence-electron chi connectivity index (χ2n) is 4.08. The highest BCUT2D eigenvalue weighted by Gasteiger charge is 2.36. The van der Waals surface area contributed by atoms with E-state index in [1.807, 2.05) is 12.1 Å². The maximum atomic E-state index is 11.5. The fourth-order valence-corrected chi connectivity index (χ4v) is 1.73. The minimum Gasteiger partial charge on any atom is -0.468 e. The summed E-state index contributed by atoms with van der Waals surface area (Å²) in [6.45, 7) is 0.657. The van der Waals surface area contributed by atoms with Crippen LogP contribution in [0.25, 0.3) is 0 Å². The lowest BCUT2D eigenvalue weighted by atomic mass is 10.1. The number of nitrogens with one attached hydrogen (secondary N) is 1. The molecular formula is C12H16N2O2. The maximum Gasteiger partial charge on any atom is 0.323 e. The van der Waals surface area contributed by atoms with Crippen molar-refractivity contribution in [2.45, 2.75) is 25.4 Å². The number of ether oxygens (including phenoxy) is 1. The molecule has 0 radical (unpaired) electrons. The second kappa shape index (κ2) is 5.07. The van der Waals surface area contributed by atoms with Gasteiger partial charge in [-0.3, -0.25) is 9.78 Å². The van der Waals surface area contributed by atoms with Gasteiger partial charge in [-0.15, -0.1) is 0 Å². The number of aromatic nitrogens is 1. The molecule has 1 aromatic heterocycles. The SMILES string of the molecule is COC(=O)C(NCc1cccnc1)C1CC1. The van der Waals surface area contributed by atoms with Crippen LogP contribution in [0.5, 0.6) is 0 Å². The van der Waals surface area contributed by atoms with Gasteiger partial charge in [0, 0.05) is 18.9 Å². The fraction of sp³-hybridized carbons (Fsp3) is 0.500. The van der Waals surface area contributed by atoms with Crippen LogP contribution in [0.3, 0.4) is 0 Å². The van der Waals surface area contributed by atoms with Crippen molar-refractivity contribution in [3.05, 3.63) is 30.1 Å². The molecule has 1 N–H and O–H groups in total. The van der Waals surface area contributed by atoms with E-state index in [1.54, 1.807) is 12.4 Å². The molecular weight excluding hydrogens is 204 g/mol. The summed E-state index contributed by atoms with van der Waals surface area (Å²) in [4.78, 5) is 15.5. The summed E-state index contributed by atoms with van der Waals surface area (Å²) >= 11 is 0. The van der Waals surface area contributed by atoms with Crippen LogP contribution in [-0.2, 0) is 16.1 Å². The molecule has 1 heterocycles. The van der Waals surface area contributed by atoms with Crippen molar-refractivity contribution in [3.8, 4) is 0 Å². The first-order chi connectivity index (χ1) is 7.81. The smallest absolute Gasteiger partial charge is 0.323 e. The van der Waals surface area contributed by atoms with Crippen molar-refractivity contribution in [2.75, 3.05) is 7.11 Å². The van der Waals surface area contributed by atoms with E-state index < -0.39 is 0 Å². The highest BCUT2D eigenvalue weighted by molar-refractivity contribution is 5.76. The van der Waals surface area contributed by atoms with Gasteiger partial charge in [-0.25, -0.2) is 0 Å². The lowest BCUT2D eigenvalue weighted by molar-refractivity contribution is -0.143. The van der Waals surface area contributed by atoms with E-state index in [0.717, 1.165) is 18.4 Å². The van der Waals surface area contributed by atoms with Crippen LogP contribution in [0, 0.1) is 5.92 Å². The largest absolute Gasteiger partial charge is 0.468 e. The molecule has 1 aromatic rings. The number of hydrogen-bond acceptors (Lipinski definition) is 4. The monoisotopic (exact) mass is 220 g/mol. The molecule has 0 aromatic carbocycles. The van der Waals surface area contributed by atoms with Gasteiger partial charge in [-0.05, 0) is 30.4 Å².